The van der Waals surface area contributed by atoms with E-state index in [9.17, 15) is 9.59 Å². The fourth-order valence-corrected chi connectivity index (χ4v) is 3.33. The van der Waals surface area contributed by atoms with Crippen molar-refractivity contribution in [3.8, 4) is 0 Å². The van der Waals surface area contributed by atoms with Gasteiger partial charge in [0.1, 0.15) is 5.60 Å². The van der Waals surface area contributed by atoms with Crippen LogP contribution in [0.2, 0.25) is 0 Å². The summed E-state index contributed by atoms with van der Waals surface area (Å²) in [4.78, 5) is 25.2. The Labute approximate surface area is 132 Å². The van der Waals surface area contributed by atoms with Gasteiger partial charge in [0.25, 0.3) is 0 Å². The Hall–Kier alpha value is -1.46. The summed E-state index contributed by atoms with van der Waals surface area (Å²) in [6.07, 6.45) is 3.37. The third-order valence-electron chi connectivity index (χ3n) is 4.43. The molecule has 0 unspecified atom stereocenters. The van der Waals surface area contributed by atoms with Crippen molar-refractivity contribution < 1.29 is 19.1 Å². The normalized spacial score (nSPS) is 21.2. The van der Waals surface area contributed by atoms with E-state index >= 15 is 0 Å². The molecule has 2 rings (SSSR count). The van der Waals surface area contributed by atoms with E-state index in [1.807, 2.05) is 20.8 Å². The second kappa shape index (κ2) is 6.34. The summed E-state index contributed by atoms with van der Waals surface area (Å²) in [6.45, 7) is 9.32. The fourth-order valence-electron chi connectivity index (χ4n) is 3.33. The lowest BCUT2D eigenvalue weighted by Crippen LogP contribution is -2.55. The third-order valence-corrected chi connectivity index (χ3v) is 4.43. The maximum atomic E-state index is 12.0. The number of piperidine rings is 1. The van der Waals surface area contributed by atoms with Gasteiger partial charge in [-0.1, -0.05) is 0 Å². The number of amides is 2. The number of hydrogen-bond donors (Lipinski definition) is 1. The highest BCUT2D eigenvalue weighted by atomic mass is 16.6. The molecule has 1 aliphatic heterocycles. The molecule has 22 heavy (non-hydrogen) atoms. The average molecular weight is 312 g/mol. The average Bonchev–Trinajstić information content (AvgIpc) is 2.36. The van der Waals surface area contributed by atoms with Crippen molar-refractivity contribution in [2.45, 2.75) is 65.0 Å². The van der Waals surface area contributed by atoms with Crippen molar-refractivity contribution in [2.75, 3.05) is 19.7 Å². The molecule has 0 aromatic carbocycles. The minimum atomic E-state index is -0.447. The van der Waals surface area contributed by atoms with Crippen LogP contribution in [0.15, 0.2) is 0 Å². The highest BCUT2D eigenvalue weighted by molar-refractivity contribution is 5.68. The van der Waals surface area contributed by atoms with E-state index in [-0.39, 0.29) is 23.6 Å². The molecular weight excluding hydrogens is 284 g/mol. The van der Waals surface area contributed by atoms with Crippen LogP contribution >= 0.6 is 0 Å². The number of nitrogens with zero attached hydrogens (tertiary/aromatic N) is 1. The van der Waals surface area contributed by atoms with Gasteiger partial charge in [-0.15, -0.1) is 0 Å². The molecule has 0 radical (unpaired) electrons. The summed E-state index contributed by atoms with van der Waals surface area (Å²) in [5.41, 5.74) is -0.167. The molecule has 0 bridgehead atoms. The summed E-state index contributed by atoms with van der Waals surface area (Å²) in [6, 6.07) is 0.215. The number of likely N-dealkylation sites (tertiary alicyclic amines) is 1. The Balaban J connectivity index is 1.72. The molecule has 0 atom stereocenters. The van der Waals surface area contributed by atoms with Crippen LogP contribution in [0.3, 0.4) is 0 Å². The second-order valence-corrected chi connectivity index (χ2v) is 7.44. The smallest absolute Gasteiger partial charge is 0.410 e. The van der Waals surface area contributed by atoms with Crippen LogP contribution < -0.4 is 5.32 Å². The Morgan fingerprint density at radius 3 is 2.32 bits per heavy atom. The summed E-state index contributed by atoms with van der Waals surface area (Å²) in [5, 5.41) is 2.89. The van der Waals surface area contributed by atoms with Gasteiger partial charge in [0, 0.05) is 19.1 Å². The molecular formula is C16H28N2O4. The van der Waals surface area contributed by atoms with Gasteiger partial charge in [0.15, 0.2) is 0 Å². The lowest BCUT2D eigenvalue weighted by Gasteiger charge is -2.52. The largest absolute Gasteiger partial charge is 0.450 e. The van der Waals surface area contributed by atoms with Crippen molar-refractivity contribution in [3.63, 3.8) is 0 Å². The van der Waals surface area contributed by atoms with Gasteiger partial charge in [-0.25, -0.2) is 9.59 Å². The van der Waals surface area contributed by atoms with Gasteiger partial charge >= 0.3 is 12.2 Å². The van der Waals surface area contributed by atoms with Crippen LogP contribution in [-0.4, -0.2) is 48.4 Å². The molecule has 0 aromatic rings. The monoisotopic (exact) mass is 312 g/mol. The lowest BCUT2D eigenvalue weighted by atomic mass is 9.60. The molecule has 6 nitrogen and oxygen atoms in total. The minimum Gasteiger partial charge on any atom is -0.450 e. The number of ether oxygens (including phenoxy) is 2. The van der Waals surface area contributed by atoms with Gasteiger partial charge < -0.3 is 19.7 Å². The minimum absolute atomic E-state index is 0.215. The molecule has 1 saturated carbocycles. The van der Waals surface area contributed by atoms with Gasteiger partial charge in [-0.2, -0.15) is 0 Å². The number of carbonyl (C=O) groups is 2. The molecule has 2 aliphatic rings. The zero-order valence-electron chi connectivity index (χ0n) is 14.1. The summed E-state index contributed by atoms with van der Waals surface area (Å²) in [5.74, 6) is 0. The van der Waals surface area contributed by atoms with Crippen LogP contribution in [0.4, 0.5) is 9.59 Å². The number of alkyl carbamates (subject to hydrolysis) is 1. The quantitative estimate of drug-likeness (QED) is 0.851. The Morgan fingerprint density at radius 2 is 1.82 bits per heavy atom. The summed E-state index contributed by atoms with van der Waals surface area (Å²) >= 11 is 0. The Morgan fingerprint density at radius 1 is 1.23 bits per heavy atom. The number of rotatable bonds is 2. The van der Waals surface area contributed by atoms with Crippen LogP contribution in [0.25, 0.3) is 0 Å². The highest BCUT2D eigenvalue weighted by Gasteiger charge is 2.47. The molecule has 0 aromatic heterocycles. The van der Waals surface area contributed by atoms with Crippen molar-refractivity contribution in [2.24, 2.45) is 5.41 Å². The van der Waals surface area contributed by atoms with Crippen LogP contribution in [0, 0.1) is 5.41 Å². The van der Waals surface area contributed by atoms with Gasteiger partial charge in [0.2, 0.25) is 0 Å². The van der Waals surface area contributed by atoms with Crippen molar-refractivity contribution in [1.29, 1.82) is 0 Å². The van der Waals surface area contributed by atoms with Crippen molar-refractivity contribution in [1.82, 2.24) is 10.2 Å². The SMILES string of the molecule is CCOC(=O)NC1CC2(CCN(C(=O)OC(C)(C)C)CC2)C1. The first-order chi connectivity index (χ1) is 10.2. The predicted molar refractivity (Wildman–Crippen MR) is 82.7 cm³/mol. The molecule has 1 N–H and O–H groups in total. The third kappa shape index (κ3) is 4.27. The molecule has 1 heterocycles. The van der Waals surface area contributed by atoms with Crippen LogP contribution in [0.1, 0.15) is 53.4 Å². The lowest BCUT2D eigenvalue weighted by molar-refractivity contribution is -0.0157. The fraction of sp³-hybridized carbons (Fsp3) is 0.875. The molecule has 2 fully saturated rings. The molecule has 1 aliphatic carbocycles. The van der Waals surface area contributed by atoms with Gasteiger partial charge in [-0.05, 0) is 58.8 Å². The zero-order chi connectivity index (χ0) is 16.4. The van der Waals surface area contributed by atoms with Crippen LogP contribution in [-0.2, 0) is 9.47 Å². The van der Waals surface area contributed by atoms with Crippen molar-refractivity contribution >= 4 is 12.2 Å². The van der Waals surface area contributed by atoms with Gasteiger partial charge in [0.05, 0.1) is 6.61 Å². The van der Waals surface area contributed by atoms with E-state index in [1.54, 1.807) is 11.8 Å². The molecule has 1 spiro atoms. The second-order valence-electron chi connectivity index (χ2n) is 7.44. The first kappa shape index (κ1) is 16.9. The first-order valence-electron chi connectivity index (χ1n) is 8.14. The maximum absolute atomic E-state index is 12.0. The van der Waals surface area contributed by atoms with E-state index < -0.39 is 5.60 Å². The van der Waals surface area contributed by atoms with Crippen LogP contribution in [0.5, 0.6) is 0 Å². The van der Waals surface area contributed by atoms with E-state index in [4.69, 9.17) is 9.47 Å². The van der Waals surface area contributed by atoms with Crippen molar-refractivity contribution in [3.05, 3.63) is 0 Å². The number of carbonyl (C=O) groups excluding carboxylic acids is 2. The molecule has 126 valence electrons. The summed E-state index contributed by atoms with van der Waals surface area (Å²) < 4.78 is 10.3. The van der Waals surface area contributed by atoms with E-state index in [0.717, 1.165) is 38.8 Å². The molecule has 2 amide bonds. The maximum Gasteiger partial charge on any atom is 0.410 e. The number of nitrogens with one attached hydrogen (secondary N) is 1. The molecule has 1 saturated heterocycles. The Kier molecular flexibility index (Phi) is 4.87. The first-order valence-corrected chi connectivity index (χ1v) is 8.14. The predicted octanol–water partition coefficient (Wildman–Crippen LogP) is 2.91. The standard InChI is InChI=1S/C16H28N2O4/c1-5-21-13(19)17-12-10-16(11-12)6-8-18(9-7-16)14(20)22-15(2,3)4/h12H,5-11H2,1-4H3,(H,17,19). The zero-order valence-corrected chi connectivity index (χ0v) is 14.1. The summed E-state index contributed by atoms with van der Waals surface area (Å²) in [7, 11) is 0. The van der Waals surface area contributed by atoms with E-state index in [2.05, 4.69) is 5.32 Å². The highest BCUT2D eigenvalue weighted by Crippen LogP contribution is 2.49. The van der Waals surface area contributed by atoms with E-state index in [0.29, 0.717) is 6.61 Å². The number of hydrogen-bond acceptors (Lipinski definition) is 4. The van der Waals surface area contributed by atoms with Gasteiger partial charge in [-0.3, -0.25) is 0 Å². The Bertz CT molecular complexity index is 414. The van der Waals surface area contributed by atoms with E-state index in [1.165, 1.54) is 0 Å². The molecule has 6 heteroatoms. The topological polar surface area (TPSA) is 67.9 Å².